The van der Waals surface area contributed by atoms with Crippen molar-refractivity contribution in [2.75, 3.05) is 24.5 Å². The maximum Gasteiger partial charge on any atom is 0.271 e. The van der Waals surface area contributed by atoms with Crippen LogP contribution in [0.5, 0.6) is 0 Å². The third kappa shape index (κ3) is 2.95. The molecule has 1 saturated heterocycles. The lowest BCUT2D eigenvalue weighted by molar-refractivity contribution is -0.120. The number of carbonyl (C=O) groups is 2. The van der Waals surface area contributed by atoms with Gasteiger partial charge >= 0.3 is 0 Å². The molecule has 138 valence electrons. The van der Waals surface area contributed by atoms with Gasteiger partial charge in [-0.15, -0.1) is 0 Å². The minimum absolute atomic E-state index is 0.0260. The van der Waals surface area contributed by atoms with Gasteiger partial charge in [0.05, 0.1) is 5.69 Å². The van der Waals surface area contributed by atoms with Crippen molar-refractivity contribution in [3.8, 4) is 0 Å². The molecule has 0 aliphatic carbocycles. The van der Waals surface area contributed by atoms with E-state index in [1.807, 2.05) is 31.3 Å². The summed E-state index contributed by atoms with van der Waals surface area (Å²) in [5.41, 5.74) is 1.45. The number of nitrogens with zero attached hydrogens (tertiary/aromatic N) is 3. The van der Waals surface area contributed by atoms with Gasteiger partial charge in [-0.2, -0.15) is 0 Å². The van der Waals surface area contributed by atoms with Crippen LogP contribution in [0.3, 0.4) is 0 Å². The van der Waals surface area contributed by atoms with Gasteiger partial charge in [-0.25, -0.2) is 8.78 Å². The van der Waals surface area contributed by atoms with Crippen LogP contribution in [0.4, 0.5) is 14.5 Å². The normalized spacial score (nSPS) is 14.9. The molecule has 0 N–H and O–H groups in total. The van der Waals surface area contributed by atoms with Crippen molar-refractivity contribution in [2.24, 2.45) is 7.05 Å². The number of aryl methyl sites for hydroxylation is 1. The number of halogens is 2. The number of rotatable bonds is 2. The molecule has 0 bridgehead atoms. The Labute approximate surface area is 154 Å². The zero-order valence-corrected chi connectivity index (χ0v) is 14.7. The smallest absolute Gasteiger partial charge is 0.271 e. The van der Waals surface area contributed by atoms with Crippen molar-refractivity contribution >= 4 is 28.4 Å². The standard InChI is InChI=1S/C20H17F2N3O2/c1-23-16-5-3-2-4-13(16)10-18(23)20(27)24-8-9-25(19(26)12-24)17-7-6-14(21)11-15(17)22/h2-7,10-11H,8-9,12H2,1H3. The second kappa shape index (κ2) is 6.50. The van der Waals surface area contributed by atoms with Crippen molar-refractivity contribution < 1.29 is 18.4 Å². The minimum Gasteiger partial charge on any atom is -0.340 e. The van der Waals surface area contributed by atoms with E-state index < -0.39 is 17.5 Å². The zero-order valence-electron chi connectivity index (χ0n) is 14.7. The fraction of sp³-hybridized carbons (Fsp3) is 0.200. The van der Waals surface area contributed by atoms with E-state index >= 15 is 0 Å². The molecule has 3 aromatic rings. The first-order chi connectivity index (χ1) is 13.0. The number of hydrogen-bond acceptors (Lipinski definition) is 2. The SMILES string of the molecule is Cn1c(C(=O)N2CCN(c3ccc(F)cc3F)C(=O)C2)cc2ccccc21. The monoisotopic (exact) mass is 369 g/mol. The molecule has 0 unspecified atom stereocenters. The lowest BCUT2D eigenvalue weighted by atomic mass is 10.2. The summed E-state index contributed by atoms with van der Waals surface area (Å²) in [5.74, 6) is -2.15. The molecule has 2 aromatic carbocycles. The molecule has 2 amide bonds. The Morgan fingerprint density at radius 2 is 1.81 bits per heavy atom. The Morgan fingerprint density at radius 3 is 2.52 bits per heavy atom. The van der Waals surface area contributed by atoms with Crippen LogP contribution in [0.1, 0.15) is 10.5 Å². The summed E-state index contributed by atoms with van der Waals surface area (Å²) in [7, 11) is 1.81. The van der Waals surface area contributed by atoms with Gasteiger partial charge < -0.3 is 14.4 Å². The molecule has 4 rings (SSSR count). The summed E-state index contributed by atoms with van der Waals surface area (Å²) in [6.07, 6.45) is 0. The van der Waals surface area contributed by atoms with Crippen LogP contribution in [0.2, 0.25) is 0 Å². The van der Waals surface area contributed by atoms with E-state index in [0.29, 0.717) is 5.69 Å². The Kier molecular flexibility index (Phi) is 4.14. The van der Waals surface area contributed by atoms with Crippen molar-refractivity contribution in [2.45, 2.75) is 0 Å². The molecule has 27 heavy (non-hydrogen) atoms. The third-order valence-electron chi connectivity index (χ3n) is 4.88. The fourth-order valence-corrected chi connectivity index (χ4v) is 3.46. The molecule has 7 heteroatoms. The number of amides is 2. The van der Waals surface area contributed by atoms with E-state index in [1.165, 1.54) is 15.9 Å². The summed E-state index contributed by atoms with van der Waals surface area (Å²) in [4.78, 5) is 28.1. The quantitative estimate of drug-likeness (QED) is 0.697. The maximum absolute atomic E-state index is 14.0. The van der Waals surface area contributed by atoms with Gasteiger partial charge in [0, 0.05) is 37.1 Å². The molecule has 1 aliphatic heterocycles. The molecule has 5 nitrogen and oxygen atoms in total. The number of benzene rings is 2. The third-order valence-corrected chi connectivity index (χ3v) is 4.88. The highest BCUT2D eigenvalue weighted by Gasteiger charge is 2.31. The molecule has 2 heterocycles. The second-order valence-electron chi connectivity index (χ2n) is 6.52. The van der Waals surface area contributed by atoms with Crippen LogP contribution in [-0.2, 0) is 11.8 Å². The van der Waals surface area contributed by atoms with E-state index in [2.05, 4.69) is 0 Å². The van der Waals surface area contributed by atoms with Crippen LogP contribution in [0.15, 0.2) is 48.5 Å². The predicted octanol–water partition coefficient (Wildman–Crippen LogP) is 2.95. The average Bonchev–Trinajstić information content (AvgIpc) is 2.99. The molecule has 0 saturated carbocycles. The van der Waals surface area contributed by atoms with E-state index in [-0.39, 0.29) is 31.2 Å². The topological polar surface area (TPSA) is 45.6 Å². The molecule has 1 aliphatic rings. The Hall–Kier alpha value is -3.22. The first-order valence-corrected chi connectivity index (χ1v) is 8.55. The Balaban J connectivity index is 1.56. The molecule has 1 aromatic heterocycles. The van der Waals surface area contributed by atoms with Gasteiger partial charge in [0.25, 0.3) is 5.91 Å². The number of fused-ring (bicyclic) bond motifs is 1. The first-order valence-electron chi connectivity index (χ1n) is 8.55. The summed E-state index contributed by atoms with van der Waals surface area (Å²) >= 11 is 0. The van der Waals surface area contributed by atoms with Crippen molar-refractivity contribution in [3.63, 3.8) is 0 Å². The van der Waals surface area contributed by atoms with Crippen molar-refractivity contribution in [1.29, 1.82) is 0 Å². The van der Waals surface area contributed by atoms with Gasteiger partial charge in [0.15, 0.2) is 0 Å². The van der Waals surface area contributed by atoms with E-state index in [0.717, 1.165) is 23.0 Å². The molecule has 0 spiro atoms. The number of piperazine rings is 1. The Bertz CT molecular complexity index is 1060. The van der Waals surface area contributed by atoms with Gasteiger partial charge in [-0.1, -0.05) is 18.2 Å². The lowest BCUT2D eigenvalue weighted by Gasteiger charge is -2.34. The number of anilines is 1. The number of carbonyl (C=O) groups excluding carboxylic acids is 2. The highest BCUT2D eigenvalue weighted by atomic mass is 19.1. The maximum atomic E-state index is 14.0. The van der Waals surface area contributed by atoms with Gasteiger partial charge in [-0.05, 0) is 24.3 Å². The van der Waals surface area contributed by atoms with E-state index in [9.17, 15) is 18.4 Å². The summed E-state index contributed by atoms with van der Waals surface area (Å²) in [6, 6.07) is 12.5. The van der Waals surface area contributed by atoms with Crippen molar-refractivity contribution in [3.05, 3.63) is 65.9 Å². The van der Waals surface area contributed by atoms with E-state index in [1.54, 1.807) is 10.6 Å². The first kappa shape index (κ1) is 17.2. The molecule has 0 atom stereocenters. The average molecular weight is 369 g/mol. The molecule has 1 fully saturated rings. The van der Waals surface area contributed by atoms with Gasteiger partial charge in [-0.3, -0.25) is 9.59 Å². The summed E-state index contributed by atoms with van der Waals surface area (Å²) < 4.78 is 28.9. The predicted molar refractivity (Wildman–Crippen MR) is 97.5 cm³/mol. The zero-order chi connectivity index (χ0) is 19.1. The van der Waals surface area contributed by atoms with Crippen LogP contribution >= 0.6 is 0 Å². The number of para-hydroxylation sites is 1. The van der Waals surface area contributed by atoms with E-state index in [4.69, 9.17) is 0 Å². The number of aromatic nitrogens is 1. The van der Waals surface area contributed by atoms with Crippen molar-refractivity contribution in [1.82, 2.24) is 9.47 Å². The van der Waals surface area contributed by atoms with Crippen LogP contribution in [0.25, 0.3) is 10.9 Å². The number of hydrogen-bond donors (Lipinski definition) is 0. The van der Waals surface area contributed by atoms with Crippen LogP contribution in [0, 0.1) is 11.6 Å². The summed E-state index contributed by atoms with van der Waals surface area (Å²) in [6.45, 7) is 0.261. The minimum atomic E-state index is -0.795. The Morgan fingerprint density at radius 1 is 1.04 bits per heavy atom. The molecule has 0 radical (unpaired) electrons. The highest BCUT2D eigenvalue weighted by Crippen LogP contribution is 2.24. The van der Waals surface area contributed by atoms with Crippen LogP contribution < -0.4 is 4.90 Å². The second-order valence-corrected chi connectivity index (χ2v) is 6.52. The fourth-order valence-electron chi connectivity index (χ4n) is 3.46. The summed E-state index contributed by atoms with van der Waals surface area (Å²) in [5, 5.41) is 0.946. The highest BCUT2D eigenvalue weighted by molar-refractivity contribution is 6.03. The van der Waals surface area contributed by atoms with Gasteiger partial charge in [0.2, 0.25) is 5.91 Å². The lowest BCUT2D eigenvalue weighted by Crippen LogP contribution is -2.52. The molecular weight excluding hydrogens is 352 g/mol. The van der Waals surface area contributed by atoms with Gasteiger partial charge in [0.1, 0.15) is 23.9 Å². The molecular formula is C20H17F2N3O2. The largest absolute Gasteiger partial charge is 0.340 e. The van der Waals surface area contributed by atoms with Crippen LogP contribution in [-0.4, -0.2) is 40.9 Å².